The van der Waals surface area contributed by atoms with Crippen LogP contribution < -0.4 is 5.48 Å². The van der Waals surface area contributed by atoms with Crippen LogP contribution in [0.15, 0.2) is 24.3 Å². The Kier molecular flexibility index (Phi) is 4.72. The molecule has 0 amide bonds. The van der Waals surface area contributed by atoms with Crippen LogP contribution in [0.1, 0.15) is 32.4 Å². The Hall–Kier alpha value is -0.930. The molecule has 0 bridgehead atoms. The van der Waals surface area contributed by atoms with E-state index in [1.807, 2.05) is 6.92 Å². The monoisotopic (exact) mass is 211 g/mol. The minimum absolute atomic E-state index is 0.0735. The van der Waals surface area contributed by atoms with Gasteiger partial charge in [0.05, 0.1) is 12.6 Å². The molecule has 3 heteroatoms. The van der Waals surface area contributed by atoms with E-state index in [0.29, 0.717) is 12.5 Å². The standard InChI is InChI=1S/C12H18FNO/c1-9(2)8-15-14-10(3)11-4-6-12(13)7-5-11/h4-7,9-10,14H,8H2,1-3H3. The highest BCUT2D eigenvalue weighted by Crippen LogP contribution is 2.12. The van der Waals surface area contributed by atoms with E-state index in [-0.39, 0.29) is 11.9 Å². The molecule has 0 fully saturated rings. The summed E-state index contributed by atoms with van der Waals surface area (Å²) in [5, 5.41) is 0. The molecule has 0 heterocycles. The Labute approximate surface area is 90.4 Å². The lowest BCUT2D eigenvalue weighted by Gasteiger charge is -2.15. The first-order valence-electron chi connectivity index (χ1n) is 5.22. The Morgan fingerprint density at radius 1 is 1.20 bits per heavy atom. The summed E-state index contributed by atoms with van der Waals surface area (Å²) >= 11 is 0. The van der Waals surface area contributed by atoms with Gasteiger partial charge >= 0.3 is 0 Å². The first kappa shape index (κ1) is 12.1. The van der Waals surface area contributed by atoms with Crippen LogP contribution in [0, 0.1) is 11.7 Å². The molecule has 2 nitrogen and oxygen atoms in total. The second-order valence-electron chi connectivity index (χ2n) is 4.10. The van der Waals surface area contributed by atoms with E-state index in [9.17, 15) is 4.39 Å². The van der Waals surface area contributed by atoms with Crippen molar-refractivity contribution in [3.8, 4) is 0 Å². The number of benzene rings is 1. The van der Waals surface area contributed by atoms with Gasteiger partial charge in [0, 0.05) is 0 Å². The Morgan fingerprint density at radius 2 is 1.80 bits per heavy atom. The molecule has 0 aromatic heterocycles. The van der Waals surface area contributed by atoms with Gasteiger partial charge in [-0.1, -0.05) is 26.0 Å². The summed E-state index contributed by atoms with van der Waals surface area (Å²) in [4.78, 5) is 5.30. The van der Waals surface area contributed by atoms with Gasteiger partial charge in [-0.15, -0.1) is 0 Å². The summed E-state index contributed by atoms with van der Waals surface area (Å²) in [6, 6.07) is 6.49. The third-order valence-corrected chi connectivity index (χ3v) is 2.05. The van der Waals surface area contributed by atoms with E-state index >= 15 is 0 Å². The largest absolute Gasteiger partial charge is 0.301 e. The molecule has 1 atom stereocenters. The van der Waals surface area contributed by atoms with E-state index in [1.54, 1.807) is 12.1 Å². The molecule has 84 valence electrons. The predicted molar refractivity (Wildman–Crippen MR) is 58.7 cm³/mol. The van der Waals surface area contributed by atoms with Crippen LogP contribution in [0.4, 0.5) is 4.39 Å². The first-order chi connectivity index (χ1) is 7.09. The molecular formula is C12H18FNO. The Balaban J connectivity index is 2.40. The maximum Gasteiger partial charge on any atom is 0.123 e. The van der Waals surface area contributed by atoms with Crippen molar-refractivity contribution < 1.29 is 9.23 Å². The van der Waals surface area contributed by atoms with Crippen molar-refractivity contribution in [1.82, 2.24) is 5.48 Å². The maximum atomic E-state index is 12.7. The molecule has 1 unspecified atom stereocenters. The van der Waals surface area contributed by atoms with Crippen molar-refractivity contribution in [3.05, 3.63) is 35.6 Å². The third kappa shape index (κ3) is 4.40. The highest BCUT2D eigenvalue weighted by atomic mass is 19.1. The smallest absolute Gasteiger partial charge is 0.123 e. The zero-order valence-electron chi connectivity index (χ0n) is 9.46. The molecule has 0 spiro atoms. The third-order valence-electron chi connectivity index (χ3n) is 2.05. The van der Waals surface area contributed by atoms with Crippen LogP contribution in [-0.2, 0) is 4.84 Å². The zero-order chi connectivity index (χ0) is 11.3. The van der Waals surface area contributed by atoms with Crippen molar-refractivity contribution in [3.63, 3.8) is 0 Å². The van der Waals surface area contributed by atoms with E-state index in [2.05, 4.69) is 19.3 Å². The van der Waals surface area contributed by atoms with E-state index < -0.39 is 0 Å². The normalized spacial score (nSPS) is 13.1. The quantitative estimate of drug-likeness (QED) is 0.756. The van der Waals surface area contributed by atoms with E-state index in [4.69, 9.17) is 4.84 Å². The molecule has 1 aromatic rings. The topological polar surface area (TPSA) is 21.3 Å². The van der Waals surface area contributed by atoms with Crippen LogP contribution in [-0.4, -0.2) is 6.61 Å². The summed E-state index contributed by atoms with van der Waals surface area (Å²) in [5.41, 5.74) is 3.94. The van der Waals surface area contributed by atoms with Crippen LogP contribution in [0.2, 0.25) is 0 Å². The molecule has 0 saturated carbocycles. The lowest BCUT2D eigenvalue weighted by Crippen LogP contribution is -2.21. The fourth-order valence-electron chi connectivity index (χ4n) is 1.16. The van der Waals surface area contributed by atoms with Crippen LogP contribution in [0.5, 0.6) is 0 Å². The highest BCUT2D eigenvalue weighted by Gasteiger charge is 2.05. The molecule has 1 rings (SSSR count). The minimum Gasteiger partial charge on any atom is -0.301 e. The number of rotatable bonds is 5. The lowest BCUT2D eigenvalue weighted by atomic mass is 10.1. The summed E-state index contributed by atoms with van der Waals surface area (Å²) in [6.07, 6.45) is 0. The summed E-state index contributed by atoms with van der Waals surface area (Å²) in [6.45, 7) is 6.83. The maximum absolute atomic E-state index is 12.7. The fourth-order valence-corrected chi connectivity index (χ4v) is 1.16. The van der Waals surface area contributed by atoms with Crippen molar-refractivity contribution in [2.75, 3.05) is 6.61 Å². The molecule has 0 aliphatic carbocycles. The molecule has 0 aliphatic heterocycles. The summed E-state index contributed by atoms with van der Waals surface area (Å²) in [7, 11) is 0. The lowest BCUT2D eigenvalue weighted by molar-refractivity contribution is 0.00408. The first-order valence-corrected chi connectivity index (χ1v) is 5.22. The number of halogens is 1. The van der Waals surface area contributed by atoms with Crippen LogP contribution >= 0.6 is 0 Å². The highest BCUT2D eigenvalue weighted by molar-refractivity contribution is 5.18. The molecule has 0 radical (unpaired) electrons. The van der Waals surface area contributed by atoms with Gasteiger partial charge in [0.2, 0.25) is 0 Å². The number of hydrogen-bond donors (Lipinski definition) is 1. The van der Waals surface area contributed by atoms with Crippen molar-refractivity contribution in [2.45, 2.75) is 26.8 Å². The average Bonchev–Trinajstić information content (AvgIpc) is 2.18. The fraction of sp³-hybridized carbons (Fsp3) is 0.500. The molecule has 0 saturated heterocycles. The average molecular weight is 211 g/mol. The SMILES string of the molecule is CC(C)CONC(C)c1ccc(F)cc1. The molecule has 15 heavy (non-hydrogen) atoms. The zero-order valence-corrected chi connectivity index (χ0v) is 9.46. The van der Waals surface area contributed by atoms with Gasteiger partial charge in [-0.25, -0.2) is 4.39 Å². The molecule has 1 aromatic carbocycles. The van der Waals surface area contributed by atoms with Gasteiger partial charge in [0.15, 0.2) is 0 Å². The summed E-state index contributed by atoms with van der Waals surface area (Å²) < 4.78 is 12.7. The predicted octanol–water partition coefficient (Wildman–Crippen LogP) is 3.06. The van der Waals surface area contributed by atoms with Crippen molar-refractivity contribution in [2.24, 2.45) is 5.92 Å². The van der Waals surface area contributed by atoms with Gasteiger partial charge in [-0.3, -0.25) is 0 Å². The number of hydrogen-bond acceptors (Lipinski definition) is 2. The second-order valence-corrected chi connectivity index (χ2v) is 4.10. The van der Waals surface area contributed by atoms with Crippen LogP contribution in [0.25, 0.3) is 0 Å². The van der Waals surface area contributed by atoms with Gasteiger partial charge in [0.1, 0.15) is 5.82 Å². The number of nitrogens with one attached hydrogen (secondary N) is 1. The van der Waals surface area contributed by atoms with Crippen molar-refractivity contribution >= 4 is 0 Å². The minimum atomic E-state index is -0.214. The molecule has 1 N–H and O–H groups in total. The van der Waals surface area contributed by atoms with E-state index in [0.717, 1.165) is 5.56 Å². The Morgan fingerprint density at radius 3 is 2.33 bits per heavy atom. The van der Waals surface area contributed by atoms with Gasteiger partial charge in [-0.05, 0) is 30.5 Å². The molecular weight excluding hydrogens is 193 g/mol. The molecule has 0 aliphatic rings. The van der Waals surface area contributed by atoms with Crippen molar-refractivity contribution in [1.29, 1.82) is 0 Å². The van der Waals surface area contributed by atoms with Gasteiger partial charge in [-0.2, -0.15) is 5.48 Å². The van der Waals surface area contributed by atoms with Gasteiger partial charge in [0.25, 0.3) is 0 Å². The summed E-state index contributed by atoms with van der Waals surface area (Å²) in [5.74, 6) is 0.284. The second kappa shape index (κ2) is 5.83. The Bertz CT molecular complexity index is 284. The van der Waals surface area contributed by atoms with Gasteiger partial charge < -0.3 is 4.84 Å². The number of hydroxylamine groups is 1. The van der Waals surface area contributed by atoms with E-state index in [1.165, 1.54) is 12.1 Å². The van der Waals surface area contributed by atoms with Crippen LogP contribution in [0.3, 0.4) is 0 Å².